The molecule has 0 aromatic rings. The Balaban J connectivity index is 2.44. The highest BCUT2D eigenvalue weighted by Gasteiger charge is 2.44. The van der Waals surface area contributed by atoms with Crippen LogP contribution in [0.1, 0.15) is 33.1 Å². The van der Waals surface area contributed by atoms with E-state index in [2.05, 4.69) is 18.7 Å². The third-order valence-electron chi connectivity index (χ3n) is 3.37. The molecule has 0 unspecified atom stereocenters. The lowest BCUT2D eigenvalue weighted by Gasteiger charge is -2.30. The maximum atomic E-state index is 7.41. The third kappa shape index (κ3) is 4.10. The summed E-state index contributed by atoms with van der Waals surface area (Å²) in [4.78, 5) is 2.43. The fourth-order valence-electron chi connectivity index (χ4n) is 2.13. The molecule has 16 heavy (non-hydrogen) atoms. The lowest BCUT2D eigenvalue weighted by molar-refractivity contribution is 0.113. The molecule has 0 heterocycles. The summed E-state index contributed by atoms with van der Waals surface area (Å²) in [5.74, 6) is 0.327. The number of amidine groups is 1. The van der Waals surface area contributed by atoms with E-state index in [-0.39, 0.29) is 0 Å². The minimum Gasteiger partial charge on any atom is -0.388 e. The number of nitrogens with zero attached hydrogens (tertiary/aromatic N) is 1. The van der Waals surface area contributed by atoms with Gasteiger partial charge >= 0.3 is 0 Å². The Morgan fingerprint density at radius 3 is 2.50 bits per heavy atom. The molecule has 1 rings (SSSR count). The highest BCUT2D eigenvalue weighted by molar-refractivity contribution is 5.78. The van der Waals surface area contributed by atoms with Crippen LogP contribution in [-0.4, -0.2) is 43.6 Å². The maximum absolute atomic E-state index is 7.41. The maximum Gasteiger partial charge on any atom is 0.0911 e. The summed E-state index contributed by atoms with van der Waals surface area (Å²) in [6.07, 6.45) is 3.18. The molecule has 94 valence electrons. The Hall–Kier alpha value is -0.610. The van der Waals surface area contributed by atoms with Gasteiger partial charge in [-0.1, -0.05) is 0 Å². The first kappa shape index (κ1) is 13.5. The van der Waals surface area contributed by atoms with Crippen molar-refractivity contribution in [2.45, 2.75) is 39.2 Å². The average Bonchev–Trinajstić information content (AvgIpc) is 2.91. The Labute approximate surface area is 98.6 Å². The molecule has 4 heteroatoms. The molecule has 0 atom stereocenters. The van der Waals surface area contributed by atoms with Crippen LogP contribution < -0.4 is 5.73 Å². The van der Waals surface area contributed by atoms with E-state index >= 15 is 0 Å². The van der Waals surface area contributed by atoms with Gasteiger partial charge in [-0.2, -0.15) is 0 Å². The summed E-state index contributed by atoms with van der Waals surface area (Å²) >= 11 is 0. The first-order valence-electron chi connectivity index (χ1n) is 6.05. The second-order valence-corrected chi connectivity index (χ2v) is 5.26. The van der Waals surface area contributed by atoms with E-state index in [1.54, 1.807) is 7.11 Å². The van der Waals surface area contributed by atoms with Gasteiger partial charge in [0.05, 0.1) is 12.4 Å². The molecular formula is C12H25N3O. The van der Waals surface area contributed by atoms with Gasteiger partial charge in [-0.05, 0) is 32.1 Å². The number of nitrogens with two attached hydrogens (primary N) is 1. The summed E-state index contributed by atoms with van der Waals surface area (Å²) in [6.45, 7) is 7.20. The standard InChI is InChI=1S/C12H25N3O/c1-10(2)15(6-7-16-3)9-12(4-5-12)8-11(13)14/h10H,4-9H2,1-3H3,(H3,13,14). The average molecular weight is 227 g/mol. The van der Waals surface area contributed by atoms with Crippen LogP contribution >= 0.6 is 0 Å². The quantitative estimate of drug-likeness (QED) is 0.487. The molecule has 0 bridgehead atoms. The Kier molecular flexibility index (Phi) is 4.74. The molecule has 0 aliphatic heterocycles. The van der Waals surface area contributed by atoms with Gasteiger partial charge in [0, 0.05) is 32.7 Å². The molecule has 1 aliphatic rings. The van der Waals surface area contributed by atoms with Gasteiger partial charge in [-0.3, -0.25) is 10.3 Å². The zero-order valence-corrected chi connectivity index (χ0v) is 10.8. The van der Waals surface area contributed by atoms with Crippen LogP contribution in [0.5, 0.6) is 0 Å². The van der Waals surface area contributed by atoms with Crippen LogP contribution in [0.3, 0.4) is 0 Å². The van der Waals surface area contributed by atoms with Gasteiger partial charge in [0.2, 0.25) is 0 Å². The molecule has 0 aromatic carbocycles. The van der Waals surface area contributed by atoms with Gasteiger partial charge in [0.25, 0.3) is 0 Å². The highest BCUT2D eigenvalue weighted by atomic mass is 16.5. The smallest absolute Gasteiger partial charge is 0.0911 e. The van der Waals surface area contributed by atoms with Crippen molar-refractivity contribution in [1.29, 1.82) is 5.41 Å². The van der Waals surface area contributed by atoms with Crippen LogP contribution in [0, 0.1) is 10.8 Å². The summed E-state index contributed by atoms with van der Waals surface area (Å²) in [5, 5.41) is 7.41. The number of rotatable bonds is 8. The molecule has 1 aliphatic carbocycles. The van der Waals surface area contributed by atoms with E-state index in [9.17, 15) is 0 Å². The summed E-state index contributed by atoms with van der Waals surface area (Å²) in [7, 11) is 1.74. The van der Waals surface area contributed by atoms with Crippen molar-refractivity contribution in [3.63, 3.8) is 0 Å². The predicted molar refractivity (Wildman–Crippen MR) is 66.8 cm³/mol. The molecule has 0 saturated heterocycles. The molecule has 1 fully saturated rings. The number of hydrogen-bond donors (Lipinski definition) is 2. The zero-order chi connectivity index (χ0) is 12.2. The van der Waals surface area contributed by atoms with Crippen molar-refractivity contribution in [2.24, 2.45) is 11.1 Å². The Morgan fingerprint density at radius 1 is 1.50 bits per heavy atom. The van der Waals surface area contributed by atoms with Crippen LogP contribution in [0.2, 0.25) is 0 Å². The monoisotopic (exact) mass is 227 g/mol. The first-order chi connectivity index (χ1) is 7.49. The minimum atomic E-state index is 0.295. The van der Waals surface area contributed by atoms with Crippen LogP contribution in [0.15, 0.2) is 0 Å². The molecule has 3 N–H and O–H groups in total. The predicted octanol–water partition coefficient (Wildman–Crippen LogP) is 1.45. The van der Waals surface area contributed by atoms with Crippen molar-refractivity contribution in [3.05, 3.63) is 0 Å². The fraction of sp³-hybridized carbons (Fsp3) is 0.917. The van der Waals surface area contributed by atoms with E-state index in [0.29, 0.717) is 17.3 Å². The van der Waals surface area contributed by atoms with Gasteiger partial charge in [-0.25, -0.2) is 0 Å². The van der Waals surface area contributed by atoms with Crippen molar-refractivity contribution in [1.82, 2.24) is 4.90 Å². The first-order valence-corrected chi connectivity index (χ1v) is 6.05. The third-order valence-corrected chi connectivity index (χ3v) is 3.37. The van der Waals surface area contributed by atoms with Crippen LogP contribution in [0.25, 0.3) is 0 Å². The molecular weight excluding hydrogens is 202 g/mol. The van der Waals surface area contributed by atoms with Gasteiger partial charge in [0.15, 0.2) is 0 Å². The molecule has 0 spiro atoms. The van der Waals surface area contributed by atoms with E-state index in [4.69, 9.17) is 15.9 Å². The Morgan fingerprint density at radius 2 is 2.12 bits per heavy atom. The van der Waals surface area contributed by atoms with Gasteiger partial charge in [-0.15, -0.1) is 0 Å². The summed E-state index contributed by atoms with van der Waals surface area (Å²) in [5.41, 5.74) is 5.81. The summed E-state index contributed by atoms with van der Waals surface area (Å²) in [6, 6.07) is 0.527. The van der Waals surface area contributed by atoms with E-state index < -0.39 is 0 Å². The van der Waals surface area contributed by atoms with Crippen molar-refractivity contribution in [3.8, 4) is 0 Å². The topological polar surface area (TPSA) is 62.3 Å². The van der Waals surface area contributed by atoms with Gasteiger partial charge < -0.3 is 10.5 Å². The van der Waals surface area contributed by atoms with Gasteiger partial charge in [0.1, 0.15) is 0 Å². The molecule has 1 saturated carbocycles. The van der Waals surface area contributed by atoms with Crippen LogP contribution in [-0.2, 0) is 4.74 Å². The number of nitrogens with one attached hydrogen (secondary N) is 1. The summed E-state index contributed by atoms with van der Waals surface area (Å²) < 4.78 is 5.13. The number of hydrogen-bond acceptors (Lipinski definition) is 3. The second-order valence-electron chi connectivity index (χ2n) is 5.26. The minimum absolute atomic E-state index is 0.295. The number of ether oxygens (including phenoxy) is 1. The normalized spacial score (nSPS) is 18.1. The Bertz CT molecular complexity index is 236. The molecule has 0 amide bonds. The van der Waals surface area contributed by atoms with Crippen molar-refractivity contribution < 1.29 is 4.74 Å². The molecule has 4 nitrogen and oxygen atoms in total. The fourth-order valence-corrected chi connectivity index (χ4v) is 2.13. The van der Waals surface area contributed by atoms with Crippen LogP contribution in [0.4, 0.5) is 0 Å². The van der Waals surface area contributed by atoms with E-state index in [1.165, 1.54) is 12.8 Å². The van der Waals surface area contributed by atoms with Crippen molar-refractivity contribution in [2.75, 3.05) is 26.8 Å². The molecule has 0 radical (unpaired) electrons. The number of methoxy groups -OCH3 is 1. The van der Waals surface area contributed by atoms with Crippen molar-refractivity contribution >= 4 is 5.84 Å². The zero-order valence-electron chi connectivity index (χ0n) is 10.8. The second kappa shape index (κ2) is 5.64. The van der Waals surface area contributed by atoms with E-state index in [1.807, 2.05) is 0 Å². The highest BCUT2D eigenvalue weighted by Crippen LogP contribution is 2.49. The SMILES string of the molecule is COCCN(CC1(CC(=N)N)CC1)C(C)C. The molecule has 0 aromatic heterocycles. The lowest BCUT2D eigenvalue weighted by Crippen LogP contribution is -2.39. The largest absolute Gasteiger partial charge is 0.388 e. The van der Waals surface area contributed by atoms with E-state index in [0.717, 1.165) is 26.1 Å². The lowest BCUT2D eigenvalue weighted by atomic mass is 10.0.